The van der Waals surface area contributed by atoms with Crippen molar-refractivity contribution in [3.8, 4) is 5.75 Å². The zero-order chi connectivity index (χ0) is 14.3. The number of carbonyl (C=O) groups is 1. The molecule has 0 atom stereocenters. The van der Waals surface area contributed by atoms with Crippen LogP contribution < -0.4 is 10.1 Å². The largest absolute Gasteiger partial charge is 0.490 e. The Bertz CT molecular complexity index is 399. The van der Waals surface area contributed by atoms with Crippen molar-refractivity contribution in [2.45, 2.75) is 46.6 Å². The van der Waals surface area contributed by atoms with Gasteiger partial charge in [-0.05, 0) is 44.7 Å². The molecule has 0 aliphatic carbocycles. The lowest BCUT2D eigenvalue weighted by Gasteiger charge is -2.14. The van der Waals surface area contributed by atoms with Gasteiger partial charge in [0.05, 0.1) is 11.7 Å². The smallest absolute Gasteiger partial charge is 0.255 e. The highest BCUT2D eigenvalue weighted by molar-refractivity contribution is 5.96. The first-order valence-electron chi connectivity index (χ1n) is 7.04. The van der Waals surface area contributed by atoms with Gasteiger partial charge in [-0.25, -0.2) is 0 Å². The fourth-order valence-corrected chi connectivity index (χ4v) is 1.82. The number of carbonyl (C=O) groups excluding carboxylic acids is 1. The van der Waals surface area contributed by atoms with E-state index in [-0.39, 0.29) is 12.0 Å². The highest BCUT2D eigenvalue weighted by Crippen LogP contribution is 2.19. The lowest BCUT2D eigenvalue weighted by Crippen LogP contribution is -2.25. The number of hydrogen-bond donors (Lipinski definition) is 1. The minimum atomic E-state index is -0.0555. The lowest BCUT2D eigenvalue weighted by atomic mass is 10.1. The van der Waals surface area contributed by atoms with Crippen LogP contribution in [0.15, 0.2) is 24.3 Å². The minimum absolute atomic E-state index is 0.0555. The van der Waals surface area contributed by atoms with Crippen molar-refractivity contribution in [3.05, 3.63) is 29.8 Å². The summed E-state index contributed by atoms with van der Waals surface area (Å²) in [5, 5.41) is 2.95. The molecule has 0 bridgehead atoms. The van der Waals surface area contributed by atoms with E-state index in [0.717, 1.165) is 12.8 Å². The van der Waals surface area contributed by atoms with E-state index in [1.54, 1.807) is 6.07 Å². The van der Waals surface area contributed by atoms with Crippen molar-refractivity contribution < 1.29 is 9.53 Å². The minimum Gasteiger partial charge on any atom is -0.490 e. The molecule has 1 aromatic rings. The van der Waals surface area contributed by atoms with Gasteiger partial charge in [-0.2, -0.15) is 0 Å². The van der Waals surface area contributed by atoms with Crippen molar-refractivity contribution in [3.63, 3.8) is 0 Å². The number of rotatable bonds is 7. The van der Waals surface area contributed by atoms with E-state index in [1.165, 1.54) is 0 Å². The maximum Gasteiger partial charge on any atom is 0.255 e. The number of ether oxygens (including phenoxy) is 1. The van der Waals surface area contributed by atoms with Crippen molar-refractivity contribution in [1.82, 2.24) is 5.32 Å². The van der Waals surface area contributed by atoms with Crippen LogP contribution in [0.3, 0.4) is 0 Å². The average molecular weight is 263 g/mol. The molecule has 19 heavy (non-hydrogen) atoms. The molecule has 0 radical (unpaired) electrons. The van der Waals surface area contributed by atoms with E-state index in [2.05, 4.69) is 19.2 Å². The van der Waals surface area contributed by atoms with Gasteiger partial charge in [0.15, 0.2) is 0 Å². The lowest BCUT2D eigenvalue weighted by molar-refractivity contribution is 0.0946. The van der Waals surface area contributed by atoms with E-state index in [1.807, 2.05) is 32.0 Å². The summed E-state index contributed by atoms with van der Waals surface area (Å²) in [7, 11) is 0. The monoisotopic (exact) mass is 263 g/mol. The van der Waals surface area contributed by atoms with E-state index >= 15 is 0 Å². The van der Waals surface area contributed by atoms with Crippen LogP contribution in [0.5, 0.6) is 5.75 Å². The van der Waals surface area contributed by atoms with Crippen LogP contribution in [0.1, 0.15) is 50.9 Å². The molecular formula is C16H25NO2. The van der Waals surface area contributed by atoms with Crippen LogP contribution >= 0.6 is 0 Å². The zero-order valence-corrected chi connectivity index (χ0v) is 12.4. The standard InChI is InChI=1S/C16H25NO2/c1-12(2)8-7-11-17-16(18)14-9-5-6-10-15(14)19-13(3)4/h5-6,9-10,12-13H,7-8,11H2,1-4H3,(H,17,18). The summed E-state index contributed by atoms with van der Waals surface area (Å²) in [5.41, 5.74) is 0.612. The summed E-state index contributed by atoms with van der Waals surface area (Å²) in [6.07, 6.45) is 2.20. The second-order valence-corrected chi connectivity index (χ2v) is 5.45. The van der Waals surface area contributed by atoms with Gasteiger partial charge in [0.1, 0.15) is 5.75 Å². The Balaban J connectivity index is 2.56. The second-order valence-electron chi connectivity index (χ2n) is 5.45. The van der Waals surface area contributed by atoms with Crippen molar-refractivity contribution in [2.24, 2.45) is 5.92 Å². The molecule has 0 aliphatic heterocycles. The summed E-state index contributed by atoms with van der Waals surface area (Å²) in [5.74, 6) is 1.27. The molecule has 0 heterocycles. The molecule has 1 N–H and O–H groups in total. The fourth-order valence-electron chi connectivity index (χ4n) is 1.82. The molecule has 0 aliphatic rings. The first-order chi connectivity index (χ1) is 9.00. The first-order valence-corrected chi connectivity index (χ1v) is 7.04. The molecule has 3 heteroatoms. The van der Waals surface area contributed by atoms with Gasteiger partial charge in [-0.1, -0.05) is 26.0 Å². The third-order valence-electron chi connectivity index (χ3n) is 2.74. The van der Waals surface area contributed by atoms with Crippen LogP contribution in [0.25, 0.3) is 0 Å². The Hall–Kier alpha value is -1.51. The molecule has 0 spiro atoms. The molecule has 0 unspecified atom stereocenters. The first kappa shape index (κ1) is 15.5. The quantitative estimate of drug-likeness (QED) is 0.763. The predicted molar refractivity (Wildman–Crippen MR) is 78.6 cm³/mol. The van der Waals surface area contributed by atoms with Crippen LogP contribution in [-0.2, 0) is 0 Å². The topological polar surface area (TPSA) is 38.3 Å². The van der Waals surface area contributed by atoms with Gasteiger partial charge in [0.25, 0.3) is 5.91 Å². The number of nitrogens with one attached hydrogen (secondary N) is 1. The molecule has 1 aromatic carbocycles. The summed E-state index contributed by atoms with van der Waals surface area (Å²) in [6.45, 7) is 9.00. The molecule has 0 saturated heterocycles. The second kappa shape index (κ2) is 7.82. The summed E-state index contributed by atoms with van der Waals surface area (Å²) < 4.78 is 5.65. The molecule has 1 amide bonds. The molecule has 0 aromatic heterocycles. The average Bonchev–Trinajstić information content (AvgIpc) is 2.34. The fraction of sp³-hybridized carbons (Fsp3) is 0.562. The van der Waals surface area contributed by atoms with Gasteiger partial charge in [-0.15, -0.1) is 0 Å². The molecule has 0 fully saturated rings. The number of hydrogen-bond acceptors (Lipinski definition) is 2. The van der Waals surface area contributed by atoms with Crippen molar-refractivity contribution in [2.75, 3.05) is 6.54 Å². The van der Waals surface area contributed by atoms with Crippen LogP contribution in [0.4, 0.5) is 0 Å². The van der Waals surface area contributed by atoms with Crippen LogP contribution in [0, 0.1) is 5.92 Å². The van der Waals surface area contributed by atoms with Crippen molar-refractivity contribution >= 4 is 5.91 Å². The zero-order valence-electron chi connectivity index (χ0n) is 12.4. The van der Waals surface area contributed by atoms with E-state index in [9.17, 15) is 4.79 Å². The summed E-state index contributed by atoms with van der Waals surface area (Å²) in [4.78, 5) is 12.1. The summed E-state index contributed by atoms with van der Waals surface area (Å²) in [6, 6.07) is 7.38. The molecular weight excluding hydrogens is 238 g/mol. The molecule has 106 valence electrons. The van der Waals surface area contributed by atoms with Gasteiger partial charge in [0.2, 0.25) is 0 Å². The Labute approximate surface area is 116 Å². The predicted octanol–water partition coefficient (Wildman–Crippen LogP) is 3.64. The molecule has 1 rings (SSSR count). The van der Waals surface area contributed by atoms with E-state index in [0.29, 0.717) is 23.8 Å². The summed E-state index contributed by atoms with van der Waals surface area (Å²) >= 11 is 0. The van der Waals surface area contributed by atoms with E-state index in [4.69, 9.17) is 4.74 Å². The highest BCUT2D eigenvalue weighted by Gasteiger charge is 2.12. The molecule has 0 saturated carbocycles. The third-order valence-corrected chi connectivity index (χ3v) is 2.74. The Morgan fingerprint density at radius 2 is 1.89 bits per heavy atom. The van der Waals surface area contributed by atoms with Gasteiger partial charge in [-0.3, -0.25) is 4.79 Å². The van der Waals surface area contributed by atoms with Gasteiger partial charge >= 0.3 is 0 Å². The SMILES string of the molecule is CC(C)CCCNC(=O)c1ccccc1OC(C)C. The normalized spacial score (nSPS) is 10.8. The van der Waals surface area contributed by atoms with E-state index < -0.39 is 0 Å². The Morgan fingerprint density at radius 1 is 1.21 bits per heavy atom. The number of para-hydroxylation sites is 1. The maximum absolute atomic E-state index is 12.1. The maximum atomic E-state index is 12.1. The van der Waals surface area contributed by atoms with Gasteiger partial charge < -0.3 is 10.1 Å². The van der Waals surface area contributed by atoms with Crippen LogP contribution in [-0.4, -0.2) is 18.6 Å². The Kier molecular flexibility index (Phi) is 6.40. The Morgan fingerprint density at radius 3 is 2.53 bits per heavy atom. The highest BCUT2D eigenvalue weighted by atomic mass is 16.5. The third kappa shape index (κ3) is 5.77. The number of amides is 1. The van der Waals surface area contributed by atoms with Gasteiger partial charge in [0, 0.05) is 6.54 Å². The molecule has 3 nitrogen and oxygen atoms in total. The van der Waals surface area contributed by atoms with Crippen LogP contribution in [0.2, 0.25) is 0 Å². The number of benzene rings is 1. The van der Waals surface area contributed by atoms with Crippen molar-refractivity contribution in [1.29, 1.82) is 0 Å².